The van der Waals surface area contributed by atoms with Crippen molar-refractivity contribution >= 4 is 57.5 Å². The maximum absolute atomic E-state index is 12.4. The van der Waals surface area contributed by atoms with Crippen LogP contribution >= 0.6 is 23.4 Å². The van der Waals surface area contributed by atoms with Gasteiger partial charge in [0.05, 0.1) is 16.1 Å². The van der Waals surface area contributed by atoms with Gasteiger partial charge in [-0.05, 0) is 74.0 Å². The number of likely N-dealkylation sites (N-methyl/N-ethyl adjacent to an activating group) is 1. The highest BCUT2D eigenvalue weighted by molar-refractivity contribution is 8.18. The summed E-state index contributed by atoms with van der Waals surface area (Å²) in [4.78, 5) is 19.7. The number of carbonyl (C=O) groups is 1. The van der Waals surface area contributed by atoms with Gasteiger partial charge >= 0.3 is 0 Å². The lowest BCUT2D eigenvalue weighted by atomic mass is 9.88. The standard InChI is InChI=1S/C23H22ClN3OS/c1-14-13-23(2,3)27(4)19-12-18(24)15(10-17(14)19)11-20-21(28)26-22(29-20)25-16-8-6-5-7-9-16/h5-13H,1-4H3,(H,25,26,28)/b20-11+. The number of rotatable bonds is 2. The fourth-order valence-corrected chi connectivity index (χ4v) is 4.59. The van der Waals surface area contributed by atoms with E-state index in [-0.39, 0.29) is 11.4 Å². The van der Waals surface area contributed by atoms with Gasteiger partial charge in [-0.3, -0.25) is 4.79 Å². The number of amidine groups is 1. The van der Waals surface area contributed by atoms with Crippen LogP contribution in [0.15, 0.2) is 58.4 Å². The van der Waals surface area contributed by atoms with Crippen LogP contribution in [-0.2, 0) is 4.79 Å². The van der Waals surface area contributed by atoms with Gasteiger partial charge in [0.25, 0.3) is 5.91 Å². The van der Waals surface area contributed by atoms with Crippen molar-refractivity contribution in [2.75, 3.05) is 11.9 Å². The maximum atomic E-state index is 12.4. The molecule has 1 fully saturated rings. The van der Waals surface area contributed by atoms with Gasteiger partial charge in [-0.15, -0.1) is 0 Å². The van der Waals surface area contributed by atoms with E-state index in [1.165, 1.54) is 17.3 Å². The number of benzene rings is 2. The molecule has 6 heteroatoms. The molecular weight excluding hydrogens is 402 g/mol. The average Bonchev–Trinajstić information content (AvgIpc) is 3.00. The number of hydrogen-bond acceptors (Lipinski definition) is 4. The Hall–Kier alpha value is -2.50. The molecule has 2 heterocycles. The summed E-state index contributed by atoms with van der Waals surface area (Å²) >= 11 is 7.92. The number of amides is 1. The Morgan fingerprint density at radius 1 is 1.21 bits per heavy atom. The lowest BCUT2D eigenvalue weighted by molar-refractivity contribution is -0.115. The fraction of sp³-hybridized carbons (Fsp3) is 0.217. The number of anilines is 1. The van der Waals surface area contributed by atoms with Crippen LogP contribution < -0.4 is 10.2 Å². The number of fused-ring (bicyclic) bond motifs is 1. The highest BCUT2D eigenvalue weighted by atomic mass is 35.5. The van der Waals surface area contributed by atoms with Crippen molar-refractivity contribution in [2.45, 2.75) is 26.3 Å². The van der Waals surface area contributed by atoms with Crippen molar-refractivity contribution < 1.29 is 4.79 Å². The molecule has 0 spiro atoms. The predicted molar refractivity (Wildman–Crippen MR) is 125 cm³/mol. The molecule has 0 radical (unpaired) electrons. The summed E-state index contributed by atoms with van der Waals surface area (Å²) in [6.07, 6.45) is 4.09. The summed E-state index contributed by atoms with van der Waals surface area (Å²) in [5, 5.41) is 4.01. The molecule has 0 bridgehead atoms. The smallest absolute Gasteiger partial charge is 0.264 e. The summed E-state index contributed by atoms with van der Waals surface area (Å²) < 4.78 is 0. The summed E-state index contributed by atoms with van der Waals surface area (Å²) in [5.74, 6) is -0.163. The number of thioether (sulfide) groups is 1. The first-order valence-electron chi connectivity index (χ1n) is 9.36. The zero-order chi connectivity index (χ0) is 20.8. The summed E-state index contributed by atoms with van der Waals surface area (Å²) in [6.45, 7) is 6.47. The molecule has 2 aromatic carbocycles. The normalized spacial score (nSPS) is 20.7. The van der Waals surface area contributed by atoms with Gasteiger partial charge in [-0.2, -0.15) is 0 Å². The monoisotopic (exact) mass is 423 g/mol. The minimum atomic E-state index is -0.163. The first kappa shape index (κ1) is 19.8. The molecular formula is C23H22ClN3OS. The largest absolute Gasteiger partial charge is 0.365 e. The predicted octanol–water partition coefficient (Wildman–Crippen LogP) is 5.86. The van der Waals surface area contributed by atoms with Crippen LogP contribution in [0.25, 0.3) is 11.6 Å². The molecule has 0 aliphatic carbocycles. The lowest BCUT2D eigenvalue weighted by Gasteiger charge is -2.40. The van der Waals surface area contributed by atoms with Crippen LogP contribution in [0.4, 0.5) is 11.4 Å². The number of halogens is 1. The second-order valence-corrected chi connectivity index (χ2v) is 9.19. The molecule has 2 aromatic rings. The second kappa shape index (κ2) is 7.39. The lowest BCUT2D eigenvalue weighted by Crippen LogP contribution is -2.42. The molecule has 4 nitrogen and oxygen atoms in total. The molecule has 0 atom stereocenters. The van der Waals surface area contributed by atoms with Crippen molar-refractivity contribution in [1.29, 1.82) is 0 Å². The Bertz CT molecular complexity index is 1090. The van der Waals surface area contributed by atoms with E-state index in [9.17, 15) is 4.79 Å². The average molecular weight is 424 g/mol. The Morgan fingerprint density at radius 2 is 1.93 bits per heavy atom. The molecule has 1 saturated heterocycles. The van der Waals surface area contributed by atoms with Gasteiger partial charge in [0.15, 0.2) is 5.17 Å². The van der Waals surface area contributed by atoms with Gasteiger partial charge in [-0.25, -0.2) is 4.99 Å². The Labute approximate surface area is 180 Å². The van der Waals surface area contributed by atoms with E-state index in [1.807, 2.05) is 42.5 Å². The molecule has 0 unspecified atom stereocenters. The fourth-order valence-electron chi connectivity index (χ4n) is 3.54. The van der Waals surface area contributed by atoms with E-state index in [2.05, 4.69) is 55.2 Å². The first-order valence-corrected chi connectivity index (χ1v) is 10.6. The first-order chi connectivity index (χ1) is 13.7. The molecule has 148 valence electrons. The van der Waals surface area contributed by atoms with Gasteiger partial charge in [0.1, 0.15) is 0 Å². The molecule has 2 aliphatic rings. The third-order valence-electron chi connectivity index (χ3n) is 5.26. The summed E-state index contributed by atoms with van der Waals surface area (Å²) in [7, 11) is 2.07. The van der Waals surface area contributed by atoms with Gasteiger partial charge in [-0.1, -0.05) is 35.9 Å². The van der Waals surface area contributed by atoms with Crippen LogP contribution in [0, 0.1) is 0 Å². The number of hydrogen-bond donors (Lipinski definition) is 1. The molecule has 4 rings (SSSR count). The molecule has 1 amide bonds. The highest BCUT2D eigenvalue weighted by Gasteiger charge is 2.30. The van der Waals surface area contributed by atoms with Crippen molar-refractivity contribution in [3.8, 4) is 0 Å². The van der Waals surface area contributed by atoms with Crippen molar-refractivity contribution in [1.82, 2.24) is 5.32 Å². The molecule has 2 aliphatic heterocycles. The second-order valence-electron chi connectivity index (χ2n) is 7.75. The van der Waals surface area contributed by atoms with Crippen LogP contribution in [0.2, 0.25) is 5.02 Å². The number of para-hydroxylation sites is 1. The van der Waals surface area contributed by atoms with Crippen LogP contribution in [0.1, 0.15) is 31.9 Å². The van der Waals surface area contributed by atoms with E-state index >= 15 is 0 Å². The number of nitrogens with one attached hydrogen (secondary N) is 1. The van der Waals surface area contributed by atoms with Crippen LogP contribution in [-0.4, -0.2) is 23.7 Å². The topological polar surface area (TPSA) is 44.7 Å². The minimum absolute atomic E-state index is 0.0790. The highest BCUT2D eigenvalue weighted by Crippen LogP contribution is 2.41. The van der Waals surface area contributed by atoms with Gasteiger partial charge in [0, 0.05) is 23.3 Å². The minimum Gasteiger partial charge on any atom is -0.365 e. The van der Waals surface area contributed by atoms with Gasteiger partial charge in [0.2, 0.25) is 0 Å². The SMILES string of the molecule is CC1=CC(C)(C)N(C)c2cc(Cl)c(/C=C3/SC(=Nc4ccccc4)NC3=O)cc21. The maximum Gasteiger partial charge on any atom is 0.264 e. The van der Waals surface area contributed by atoms with Crippen LogP contribution in [0.3, 0.4) is 0 Å². The quantitative estimate of drug-likeness (QED) is 0.615. The van der Waals surface area contributed by atoms with E-state index < -0.39 is 0 Å². The van der Waals surface area contributed by atoms with E-state index in [1.54, 1.807) is 0 Å². The summed E-state index contributed by atoms with van der Waals surface area (Å²) in [5.41, 5.74) is 4.97. The molecule has 0 saturated carbocycles. The Balaban J connectivity index is 1.68. The Morgan fingerprint density at radius 3 is 2.66 bits per heavy atom. The Kier molecular flexibility index (Phi) is 5.05. The van der Waals surface area contributed by atoms with Gasteiger partial charge < -0.3 is 10.2 Å². The molecule has 29 heavy (non-hydrogen) atoms. The van der Waals surface area contributed by atoms with Crippen LogP contribution in [0.5, 0.6) is 0 Å². The van der Waals surface area contributed by atoms with E-state index in [0.29, 0.717) is 15.1 Å². The van der Waals surface area contributed by atoms with Crippen molar-refractivity contribution in [2.24, 2.45) is 4.99 Å². The van der Waals surface area contributed by atoms with Crippen molar-refractivity contribution in [3.63, 3.8) is 0 Å². The number of carbonyl (C=O) groups excluding carboxylic acids is 1. The summed E-state index contributed by atoms with van der Waals surface area (Å²) in [6, 6.07) is 13.6. The van der Waals surface area contributed by atoms with Crippen molar-refractivity contribution in [3.05, 3.63) is 69.6 Å². The van der Waals surface area contributed by atoms with E-state index in [4.69, 9.17) is 11.6 Å². The number of nitrogens with zero attached hydrogens (tertiary/aromatic N) is 2. The number of allylic oxidation sites excluding steroid dienone is 1. The van der Waals surface area contributed by atoms with E-state index in [0.717, 1.165) is 22.5 Å². The molecule has 0 aromatic heterocycles. The zero-order valence-corrected chi connectivity index (χ0v) is 18.4. The molecule has 1 N–H and O–H groups in total. The zero-order valence-electron chi connectivity index (χ0n) is 16.8. The third-order valence-corrected chi connectivity index (χ3v) is 6.50. The third kappa shape index (κ3) is 3.85. The number of aliphatic imine (C=N–C) groups is 1.